The van der Waals surface area contributed by atoms with E-state index in [0.717, 1.165) is 12.1 Å². The Balaban J connectivity index is 1.77. The second kappa shape index (κ2) is 9.48. The summed E-state index contributed by atoms with van der Waals surface area (Å²) in [5, 5.41) is 27.0. The smallest absolute Gasteiger partial charge is 0.416 e. The van der Waals surface area contributed by atoms with Crippen molar-refractivity contribution in [3.05, 3.63) is 89.2 Å². The minimum Gasteiger partial charge on any atom is -0.495 e. The van der Waals surface area contributed by atoms with Crippen molar-refractivity contribution in [2.75, 3.05) is 20.2 Å². The molecular weight excluding hydrogens is 511 g/mol. The molecule has 5 rings (SSSR count). The monoisotopic (exact) mass is 536 g/mol. The molecule has 6 nitrogen and oxygen atoms in total. The third-order valence-electron chi connectivity index (χ3n) is 7.49. The van der Waals surface area contributed by atoms with Crippen molar-refractivity contribution in [1.29, 1.82) is 0 Å². The van der Waals surface area contributed by atoms with Gasteiger partial charge < -0.3 is 25.0 Å². The maximum Gasteiger partial charge on any atom is 0.416 e. The van der Waals surface area contributed by atoms with Crippen LogP contribution in [0.2, 0.25) is 0 Å². The molecule has 1 saturated carbocycles. The molecule has 2 aromatic carbocycles. The number of benzene rings is 2. The maximum absolute atomic E-state index is 13.4. The second-order valence-electron chi connectivity index (χ2n) is 9.44. The predicted molar refractivity (Wildman–Crippen MR) is 126 cm³/mol. The third-order valence-corrected chi connectivity index (χ3v) is 7.49. The highest BCUT2D eigenvalue weighted by Gasteiger charge is 2.76. The summed E-state index contributed by atoms with van der Waals surface area (Å²) in [6, 6.07) is 12.8. The van der Waals surface area contributed by atoms with E-state index >= 15 is 0 Å². The number of aliphatic hydroxyl groups is 2. The number of fused-ring (bicyclic) bond motifs is 3. The van der Waals surface area contributed by atoms with Gasteiger partial charge >= 0.3 is 6.18 Å². The molecular formula is C27H25F5N2O4. The van der Waals surface area contributed by atoms with Crippen molar-refractivity contribution in [3.63, 3.8) is 0 Å². The average Bonchev–Trinajstić information content (AvgIpc) is 3.27. The van der Waals surface area contributed by atoms with Crippen LogP contribution in [0.5, 0.6) is 11.5 Å². The lowest BCUT2D eigenvalue weighted by Gasteiger charge is -2.41. The number of hydrogen-bond donors (Lipinski definition) is 3. The van der Waals surface area contributed by atoms with Crippen LogP contribution in [0.25, 0.3) is 0 Å². The molecule has 1 fully saturated rings. The molecule has 3 N–H and O–H groups in total. The van der Waals surface area contributed by atoms with Gasteiger partial charge in [0, 0.05) is 18.4 Å². The van der Waals surface area contributed by atoms with Gasteiger partial charge in [0.15, 0.2) is 11.2 Å². The topological polar surface area (TPSA) is 83.8 Å². The van der Waals surface area contributed by atoms with Crippen molar-refractivity contribution >= 4 is 0 Å². The lowest BCUT2D eigenvalue weighted by Crippen LogP contribution is -2.52. The van der Waals surface area contributed by atoms with Gasteiger partial charge in [0.2, 0.25) is 0 Å². The number of ether oxygens (including phenoxy) is 2. The Hall–Kier alpha value is -3.28. The summed E-state index contributed by atoms with van der Waals surface area (Å²) in [4.78, 5) is 4.08. The number of alkyl halides is 5. The van der Waals surface area contributed by atoms with Crippen LogP contribution in [0, 0.1) is 5.92 Å². The number of nitrogens with one attached hydrogen (secondary N) is 1. The summed E-state index contributed by atoms with van der Waals surface area (Å²) in [5.41, 5.74) is -4.16. The first-order valence-corrected chi connectivity index (χ1v) is 11.9. The number of nitrogens with zero attached hydrogens (tertiary/aromatic N) is 1. The Morgan fingerprint density at radius 1 is 1.08 bits per heavy atom. The molecule has 202 valence electrons. The van der Waals surface area contributed by atoms with Gasteiger partial charge in [-0.3, -0.25) is 4.98 Å². The van der Waals surface area contributed by atoms with E-state index in [9.17, 15) is 32.2 Å². The number of methoxy groups -OCH3 is 1. The Bertz CT molecular complexity index is 1290. The fourth-order valence-corrected chi connectivity index (χ4v) is 6.03. The minimum atomic E-state index is -4.60. The number of rotatable bonds is 7. The summed E-state index contributed by atoms with van der Waals surface area (Å²) < 4.78 is 78.1. The molecule has 0 radical (unpaired) electrons. The van der Waals surface area contributed by atoms with E-state index in [1.807, 2.05) is 0 Å². The van der Waals surface area contributed by atoms with E-state index in [1.165, 1.54) is 31.6 Å². The van der Waals surface area contributed by atoms with Gasteiger partial charge in [0.05, 0.1) is 43.3 Å². The Morgan fingerprint density at radius 3 is 2.37 bits per heavy atom. The summed E-state index contributed by atoms with van der Waals surface area (Å²) in [6.45, 7) is -0.789. The molecule has 0 saturated heterocycles. The summed E-state index contributed by atoms with van der Waals surface area (Å²) in [6.07, 6.45) is -6.19. The van der Waals surface area contributed by atoms with Gasteiger partial charge in [0.1, 0.15) is 11.5 Å². The van der Waals surface area contributed by atoms with Crippen molar-refractivity contribution < 1.29 is 41.6 Å². The Morgan fingerprint density at radius 2 is 1.76 bits per heavy atom. The molecule has 0 spiro atoms. The van der Waals surface area contributed by atoms with Gasteiger partial charge in [0.25, 0.3) is 6.43 Å². The zero-order chi connectivity index (χ0) is 27.3. The van der Waals surface area contributed by atoms with Gasteiger partial charge in [-0.2, -0.15) is 13.2 Å². The van der Waals surface area contributed by atoms with Gasteiger partial charge in [-0.05, 0) is 23.3 Å². The zero-order valence-corrected chi connectivity index (χ0v) is 20.1. The van der Waals surface area contributed by atoms with Crippen molar-refractivity contribution in [2.24, 2.45) is 5.92 Å². The van der Waals surface area contributed by atoms with Crippen LogP contribution in [0.4, 0.5) is 22.0 Å². The third kappa shape index (κ3) is 3.83. The Labute approximate surface area is 215 Å². The summed E-state index contributed by atoms with van der Waals surface area (Å²) >= 11 is 0. The summed E-state index contributed by atoms with van der Waals surface area (Å²) in [5.74, 6) is -1.59. The fraction of sp³-hybridized carbons (Fsp3) is 0.370. The largest absolute Gasteiger partial charge is 0.495 e. The van der Waals surface area contributed by atoms with E-state index in [-0.39, 0.29) is 29.2 Å². The van der Waals surface area contributed by atoms with Crippen LogP contribution < -0.4 is 14.8 Å². The molecule has 0 bridgehead atoms. The van der Waals surface area contributed by atoms with E-state index < -0.39 is 53.9 Å². The van der Waals surface area contributed by atoms with E-state index in [2.05, 4.69) is 10.3 Å². The average molecular weight is 536 g/mol. The fourth-order valence-electron chi connectivity index (χ4n) is 6.03. The molecule has 1 aliphatic heterocycles. The van der Waals surface area contributed by atoms with Crippen LogP contribution >= 0.6 is 0 Å². The summed E-state index contributed by atoms with van der Waals surface area (Å²) in [7, 11) is 1.34. The molecule has 1 aliphatic carbocycles. The molecule has 2 aliphatic rings. The van der Waals surface area contributed by atoms with Crippen LogP contribution in [-0.2, 0) is 17.4 Å². The molecule has 38 heavy (non-hydrogen) atoms. The van der Waals surface area contributed by atoms with E-state index in [4.69, 9.17) is 9.47 Å². The number of hydrogen-bond acceptors (Lipinski definition) is 6. The molecule has 5 unspecified atom stereocenters. The lowest BCUT2D eigenvalue weighted by atomic mass is 9.70. The standard InChI is InChI=1S/C27H25F5N2O4/c1-37-19-12-34-13-20-23(19)25(36)24(35)18(11-33-14-21(28)29)22(15-5-3-2-4-6-15)26(25,38-20)16-7-9-17(10-8-16)27(30,31)32/h2-10,12-13,18,21-22,24,33,35-36H,11,14H2,1H3. The second-order valence-corrected chi connectivity index (χ2v) is 9.44. The molecule has 0 amide bonds. The van der Waals surface area contributed by atoms with Crippen molar-refractivity contribution in [2.45, 2.75) is 35.8 Å². The SMILES string of the molecule is COc1cncc2c1C1(O)C(O)C(CNCC(F)F)C(c3ccccc3)C1(c1ccc(C(F)(F)F)cc1)O2. The quantitative estimate of drug-likeness (QED) is 0.393. The lowest BCUT2D eigenvalue weighted by molar-refractivity contribution is -0.152. The van der Waals surface area contributed by atoms with Crippen LogP contribution in [0.15, 0.2) is 67.0 Å². The first-order valence-electron chi connectivity index (χ1n) is 11.9. The van der Waals surface area contributed by atoms with Crippen molar-refractivity contribution in [3.8, 4) is 11.5 Å². The van der Waals surface area contributed by atoms with Crippen molar-refractivity contribution in [1.82, 2.24) is 10.3 Å². The maximum atomic E-state index is 13.4. The first-order chi connectivity index (χ1) is 18.1. The highest BCUT2D eigenvalue weighted by atomic mass is 19.4. The number of aromatic nitrogens is 1. The number of halogens is 5. The normalized spacial score (nSPS) is 28.2. The van der Waals surface area contributed by atoms with Gasteiger partial charge in [-0.15, -0.1) is 0 Å². The van der Waals surface area contributed by atoms with E-state index in [0.29, 0.717) is 5.56 Å². The molecule has 3 aromatic rings. The van der Waals surface area contributed by atoms with Crippen LogP contribution in [0.1, 0.15) is 28.2 Å². The van der Waals surface area contributed by atoms with E-state index in [1.54, 1.807) is 30.3 Å². The first kappa shape index (κ1) is 26.3. The Kier molecular flexibility index (Phi) is 6.57. The predicted octanol–water partition coefficient (Wildman–Crippen LogP) is 4.21. The van der Waals surface area contributed by atoms with Gasteiger partial charge in [-0.25, -0.2) is 8.78 Å². The number of aliphatic hydroxyl groups excluding tert-OH is 1. The molecule has 1 aromatic heterocycles. The molecule has 2 heterocycles. The molecule has 11 heteroatoms. The van der Waals surface area contributed by atoms with Crippen LogP contribution in [-0.4, -0.2) is 47.9 Å². The zero-order valence-electron chi connectivity index (χ0n) is 20.1. The minimum absolute atomic E-state index is 0.0830. The highest BCUT2D eigenvalue weighted by molar-refractivity contribution is 5.59. The van der Waals surface area contributed by atoms with Crippen LogP contribution in [0.3, 0.4) is 0 Å². The highest BCUT2D eigenvalue weighted by Crippen LogP contribution is 2.69. The molecule has 5 atom stereocenters. The van der Waals surface area contributed by atoms with Gasteiger partial charge in [-0.1, -0.05) is 42.5 Å². The number of pyridine rings is 1.